The van der Waals surface area contributed by atoms with Crippen LogP contribution in [0.1, 0.15) is 31.8 Å². The number of benzene rings is 6. The van der Waals surface area contributed by atoms with Gasteiger partial charge >= 0.3 is 0 Å². The van der Waals surface area contributed by atoms with Crippen LogP contribution in [0.15, 0.2) is 127 Å². The summed E-state index contributed by atoms with van der Waals surface area (Å²) in [4.78, 5) is 28.2. The number of nitriles is 1. The number of rotatable bonds is 3. The van der Waals surface area contributed by atoms with Crippen LogP contribution < -0.4 is 4.90 Å². The first-order chi connectivity index (χ1) is 22.5. The van der Waals surface area contributed by atoms with Gasteiger partial charge in [-0.05, 0) is 67.6 Å². The fraction of sp³-hybridized carbons (Fsp3) is 0.0250. The van der Waals surface area contributed by atoms with E-state index in [-0.39, 0.29) is 11.3 Å². The fourth-order valence-electron chi connectivity index (χ4n) is 7.10. The molecule has 6 heteroatoms. The first-order valence-corrected chi connectivity index (χ1v) is 15.1. The minimum atomic E-state index is -0.430. The fourth-order valence-corrected chi connectivity index (χ4v) is 7.10. The number of fused-ring (bicyclic) bond motifs is 8. The summed E-state index contributed by atoms with van der Waals surface area (Å²) in [6.45, 7) is 2.09. The van der Waals surface area contributed by atoms with Crippen molar-refractivity contribution in [2.45, 2.75) is 6.92 Å². The minimum absolute atomic E-state index is 0.251. The van der Waals surface area contributed by atoms with Gasteiger partial charge < -0.3 is 9.13 Å². The molecule has 2 amide bonds. The van der Waals surface area contributed by atoms with Crippen LogP contribution in [0.2, 0.25) is 0 Å². The third-order valence-electron chi connectivity index (χ3n) is 9.16. The molecule has 0 N–H and O–H groups in total. The summed E-state index contributed by atoms with van der Waals surface area (Å²) in [6.07, 6.45) is 0. The predicted octanol–water partition coefficient (Wildman–Crippen LogP) is 8.86. The van der Waals surface area contributed by atoms with E-state index in [1.165, 1.54) is 10.9 Å². The van der Waals surface area contributed by atoms with Crippen LogP contribution in [0.25, 0.3) is 55.0 Å². The number of carbonyl (C=O) groups is 2. The summed E-state index contributed by atoms with van der Waals surface area (Å²) in [6, 6.07) is 44.0. The third-order valence-corrected chi connectivity index (χ3v) is 9.16. The topological polar surface area (TPSA) is 71.0 Å². The second-order valence-corrected chi connectivity index (χ2v) is 11.7. The number of nitrogens with zero attached hydrogens (tertiary/aromatic N) is 4. The highest BCUT2D eigenvalue weighted by Crippen LogP contribution is 2.42. The summed E-state index contributed by atoms with van der Waals surface area (Å²) in [5, 5.41) is 14.6. The second-order valence-electron chi connectivity index (χ2n) is 11.7. The molecule has 0 saturated carbocycles. The van der Waals surface area contributed by atoms with Crippen LogP contribution in [-0.4, -0.2) is 20.9 Å². The maximum absolute atomic E-state index is 13.5. The zero-order chi connectivity index (χ0) is 31.1. The Morgan fingerprint density at radius 1 is 0.565 bits per heavy atom. The Bertz CT molecular complexity index is 2620. The molecule has 0 aliphatic carbocycles. The summed E-state index contributed by atoms with van der Waals surface area (Å²) in [5.74, 6) is -0.860. The van der Waals surface area contributed by atoms with Crippen molar-refractivity contribution < 1.29 is 9.59 Å². The van der Waals surface area contributed by atoms with E-state index in [9.17, 15) is 14.9 Å². The van der Waals surface area contributed by atoms with Gasteiger partial charge in [-0.15, -0.1) is 0 Å². The molecule has 0 unspecified atom stereocenters. The van der Waals surface area contributed by atoms with Crippen LogP contribution in [0.5, 0.6) is 0 Å². The lowest BCUT2D eigenvalue weighted by Gasteiger charge is -2.18. The molecule has 6 aromatic carbocycles. The van der Waals surface area contributed by atoms with Gasteiger partial charge in [0.1, 0.15) is 6.07 Å². The Labute approximate surface area is 263 Å². The Balaban J connectivity index is 1.36. The Morgan fingerprint density at radius 2 is 1.17 bits per heavy atom. The number of anilines is 1. The van der Waals surface area contributed by atoms with Gasteiger partial charge in [-0.25, -0.2) is 4.90 Å². The molecule has 6 nitrogen and oxygen atoms in total. The zero-order valence-electron chi connectivity index (χ0n) is 24.7. The van der Waals surface area contributed by atoms with Gasteiger partial charge in [0.2, 0.25) is 0 Å². The summed E-state index contributed by atoms with van der Waals surface area (Å²) >= 11 is 0. The predicted molar refractivity (Wildman–Crippen MR) is 182 cm³/mol. The molecular weight excluding hydrogens is 568 g/mol. The van der Waals surface area contributed by atoms with Crippen molar-refractivity contribution in [2.75, 3.05) is 4.90 Å². The molecule has 8 aromatic rings. The van der Waals surface area contributed by atoms with Gasteiger partial charge in [0.15, 0.2) is 0 Å². The number of imide groups is 1. The monoisotopic (exact) mass is 592 g/mol. The molecule has 0 radical (unpaired) electrons. The van der Waals surface area contributed by atoms with Gasteiger partial charge in [-0.2, -0.15) is 5.26 Å². The van der Waals surface area contributed by atoms with Crippen LogP contribution in [0.4, 0.5) is 5.69 Å². The summed E-state index contributed by atoms with van der Waals surface area (Å²) in [7, 11) is 0. The standard InChI is InChI=1S/C40H24N4O2/c1-24-14-17-26(18-15-24)43-33-12-6-4-8-28(33)29-20-21-35-37(38(29)43)32-11-5-7-13-34(32)42(35)27-19-16-25(23-41)36(22-27)44-39(45)30-9-2-3-10-31(30)40(44)46/h2-22H,1H3. The van der Waals surface area contributed by atoms with Gasteiger partial charge in [0, 0.05) is 32.9 Å². The highest BCUT2D eigenvalue weighted by Gasteiger charge is 2.37. The molecule has 46 heavy (non-hydrogen) atoms. The molecule has 9 rings (SSSR count). The summed E-state index contributed by atoms with van der Waals surface area (Å²) in [5.41, 5.74) is 8.39. The number of carbonyl (C=O) groups excluding carboxylic acids is 2. The van der Waals surface area contributed by atoms with Crippen LogP contribution in [-0.2, 0) is 0 Å². The average Bonchev–Trinajstić information content (AvgIpc) is 3.70. The first kappa shape index (κ1) is 26.0. The van der Waals surface area contributed by atoms with Crippen molar-refractivity contribution in [3.8, 4) is 17.4 Å². The van der Waals surface area contributed by atoms with Gasteiger partial charge in [-0.3, -0.25) is 9.59 Å². The van der Waals surface area contributed by atoms with E-state index in [1.54, 1.807) is 36.4 Å². The molecule has 2 aromatic heterocycles. The molecule has 3 heterocycles. The largest absolute Gasteiger partial charge is 0.309 e. The maximum atomic E-state index is 13.5. The molecule has 0 bridgehead atoms. The lowest BCUT2D eigenvalue weighted by molar-refractivity contribution is 0.0926. The molecule has 1 aliphatic rings. The number of hydrogen-bond acceptors (Lipinski definition) is 3. The quantitative estimate of drug-likeness (QED) is 0.192. The van der Waals surface area contributed by atoms with E-state index in [1.807, 2.05) is 18.2 Å². The highest BCUT2D eigenvalue weighted by molar-refractivity contribution is 6.35. The zero-order valence-corrected chi connectivity index (χ0v) is 24.7. The number of hydrogen-bond donors (Lipinski definition) is 0. The Hall–Kier alpha value is -6.45. The smallest absolute Gasteiger partial charge is 0.266 e. The van der Waals surface area contributed by atoms with Gasteiger partial charge in [-0.1, -0.05) is 72.3 Å². The molecular formula is C40H24N4O2. The van der Waals surface area contributed by atoms with E-state index in [2.05, 4.69) is 94.9 Å². The van der Waals surface area contributed by atoms with Crippen molar-refractivity contribution in [3.05, 3.63) is 150 Å². The van der Waals surface area contributed by atoms with E-state index in [0.717, 1.165) is 54.5 Å². The molecule has 0 fully saturated rings. The van der Waals surface area contributed by atoms with Crippen LogP contribution in [0.3, 0.4) is 0 Å². The molecule has 1 aliphatic heterocycles. The number of aryl methyl sites for hydroxylation is 1. The third kappa shape index (κ3) is 3.45. The SMILES string of the molecule is Cc1ccc(-n2c3ccccc3c3ccc4c(c5ccccc5n4-c4ccc(C#N)c(N5C(=O)c6ccccc6C5=O)c4)c32)cc1. The maximum Gasteiger partial charge on any atom is 0.266 e. The van der Waals surface area contributed by atoms with Crippen LogP contribution >= 0.6 is 0 Å². The molecule has 216 valence electrons. The van der Waals surface area contributed by atoms with Gasteiger partial charge in [0.05, 0.1) is 44.4 Å². The lowest BCUT2D eigenvalue weighted by Crippen LogP contribution is -2.30. The molecule has 0 atom stereocenters. The first-order valence-electron chi connectivity index (χ1n) is 15.1. The Morgan fingerprint density at radius 3 is 1.87 bits per heavy atom. The van der Waals surface area contributed by atoms with E-state index < -0.39 is 11.8 Å². The van der Waals surface area contributed by atoms with E-state index >= 15 is 0 Å². The number of amides is 2. The molecule has 0 spiro atoms. The number of para-hydroxylation sites is 2. The van der Waals surface area contributed by atoms with Crippen molar-refractivity contribution >= 4 is 61.1 Å². The van der Waals surface area contributed by atoms with Crippen LogP contribution in [0, 0.1) is 18.3 Å². The van der Waals surface area contributed by atoms with Gasteiger partial charge in [0.25, 0.3) is 11.8 Å². The van der Waals surface area contributed by atoms with E-state index in [0.29, 0.717) is 11.1 Å². The normalized spacial score (nSPS) is 12.9. The minimum Gasteiger partial charge on any atom is -0.309 e. The second kappa shape index (κ2) is 9.52. The number of aromatic nitrogens is 2. The lowest BCUT2D eigenvalue weighted by atomic mass is 10.1. The van der Waals surface area contributed by atoms with E-state index in [4.69, 9.17) is 0 Å². The van der Waals surface area contributed by atoms with Crippen molar-refractivity contribution in [3.63, 3.8) is 0 Å². The average molecular weight is 593 g/mol. The Kier molecular flexibility index (Phi) is 5.38. The van der Waals surface area contributed by atoms with Crippen molar-refractivity contribution in [1.82, 2.24) is 9.13 Å². The van der Waals surface area contributed by atoms with Crippen molar-refractivity contribution in [2.24, 2.45) is 0 Å². The summed E-state index contributed by atoms with van der Waals surface area (Å²) < 4.78 is 4.50. The van der Waals surface area contributed by atoms with Crippen molar-refractivity contribution in [1.29, 1.82) is 5.26 Å². The molecule has 0 saturated heterocycles. The highest BCUT2D eigenvalue weighted by atomic mass is 16.2.